The molecule has 1 aliphatic heterocycles. The number of ether oxygens (including phenoxy) is 2. The fraction of sp³-hybridized carbons (Fsp3) is 0.300. The number of hydrogen-bond donors (Lipinski definition) is 1. The van der Waals surface area contributed by atoms with E-state index >= 15 is 0 Å². The van der Waals surface area contributed by atoms with Crippen LogP contribution in [-0.2, 0) is 0 Å². The van der Waals surface area contributed by atoms with Gasteiger partial charge in [-0.3, -0.25) is 10.1 Å². The Morgan fingerprint density at radius 2 is 1.88 bits per heavy atom. The molecule has 0 unspecified atom stereocenters. The van der Waals surface area contributed by atoms with E-state index < -0.39 is 0 Å². The second-order valence-electron chi connectivity index (χ2n) is 6.56. The molecule has 0 saturated heterocycles. The predicted octanol–water partition coefficient (Wildman–Crippen LogP) is 4.44. The second-order valence-corrected chi connectivity index (χ2v) is 6.56. The summed E-state index contributed by atoms with van der Waals surface area (Å²) >= 11 is 0. The van der Waals surface area contributed by atoms with Crippen molar-refractivity contribution in [2.45, 2.75) is 18.4 Å². The Morgan fingerprint density at radius 3 is 2.62 bits per heavy atom. The van der Waals surface area contributed by atoms with Gasteiger partial charge < -0.3 is 14.8 Å². The third-order valence-corrected chi connectivity index (χ3v) is 5.34. The molecule has 1 N–H and O–H groups in total. The molecule has 134 valence electrons. The van der Waals surface area contributed by atoms with Gasteiger partial charge in [-0.15, -0.1) is 0 Å². The summed E-state index contributed by atoms with van der Waals surface area (Å²) in [5.74, 6) is 1.74. The van der Waals surface area contributed by atoms with Gasteiger partial charge in [-0.2, -0.15) is 0 Å². The van der Waals surface area contributed by atoms with E-state index in [1.807, 2.05) is 24.3 Å². The van der Waals surface area contributed by atoms with Crippen molar-refractivity contribution in [3.8, 4) is 11.5 Å². The summed E-state index contributed by atoms with van der Waals surface area (Å²) in [6.07, 6.45) is 5.23. The molecule has 0 radical (unpaired) electrons. The number of anilines is 1. The van der Waals surface area contributed by atoms with Crippen LogP contribution in [0.1, 0.15) is 29.5 Å². The maximum absolute atomic E-state index is 11.5. The third kappa shape index (κ3) is 2.41. The van der Waals surface area contributed by atoms with Gasteiger partial charge in [0.2, 0.25) is 0 Å². The number of para-hydroxylation sites is 2. The standard InChI is InChI=1S/C20H20N2O4/c1-25-17-11-5-9-15(20(17)26-2)18-13-7-3-6-12(13)14-8-4-10-16(22(23)24)19(14)21-18/h3-6,8-13,18,21H,7H2,1-2H3/t12-,13+,18+/m0/s1. The quantitative estimate of drug-likeness (QED) is 0.500. The van der Waals surface area contributed by atoms with Crippen molar-refractivity contribution in [1.82, 2.24) is 0 Å². The van der Waals surface area contributed by atoms with E-state index in [4.69, 9.17) is 9.47 Å². The van der Waals surface area contributed by atoms with Crippen LogP contribution in [0.4, 0.5) is 11.4 Å². The SMILES string of the molecule is COc1cccc([C@@H]2Nc3c(cccc3[N+](=O)[O-])[C@H]3C=CC[C@H]32)c1OC. The minimum absolute atomic E-state index is 0.103. The number of allylic oxidation sites excluding steroid dienone is 2. The molecule has 2 aromatic rings. The molecule has 6 heteroatoms. The zero-order chi connectivity index (χ0) is 18.3. The summed E-state index contributed by atoms with van der Waals surface area (Å²) in [4.78, 5) is 11.2. The molecule has 26 heavy (non-hydrogen) atoms. The average molecular weight is 352 g/mol. The van der Waals surface area contributed by atoms with Crippen LogP contribution in [0.2, 0.25) is 0 Å². The van der Waals surface area contributed by atoms with Gasteiger partial charge in [0.05, 0.1) is 25.2 Å². The van der Waals surface area contributed by atoms with E-state index in [2.05, 4.69) is 17.5 Å². The molecule has 0 spiro atoms. The number of hydrogen-bond acceptors (Lipinski definition) is 5. The predicted molar refractivity (Wildman–Crippen MR) is 99.0 cm³/mol. The van der Waals surface area contributed by atoms with Crippen molar-refractivity contribution in [3.05, 3.63) is 69.8 Å². The summed E-state index contributed by atoms with van der Waals surface area (Å²) in [5.41, 5.74) is 2.64. The molecule has 0 amide bonds. The van der Waals surface area contributed by atoms with Crippen LogP contribution in [0, 0.1) is 16.0 Å². The molecule has 3 atom stereocenters. The maximum Gasteiger partial charge on any atom is 0.292 e. The molecular formula is C20H20N2O4. The highest BCUT2D eigenvalue weighted by Crippen LogP contribution is 2.53. The van der Waals surface area contributed by atoms with Gasteiger partial charge in [0.25, 0.3) is 5.69 Å². The Labute approximate surface area is 151 Å². The van der Waals surface area contributed by atoms with Crippen LogP contribution in [0.5, 0.6) is 11.5 Å². The first-order valence-electron chi connectivity index (χ1n) is 8.57. The van der Waals surface area contributed by atoms with Gasteiger partial charge in [-0.1, -0.05) is 36.4 Å². The van der Waals surface area contributed by atoms with Gasteiger partial charge in [0.1, 0.15) is 5.69 Å². The number of nitrogens with zero attached hydrogens (tertiary/aromatic N) is 1. The number of fused-ring (bicyclic) bond motifs is 3. The van der Waals surface area contributed by atoms with Gasteiger partial charge >= 0.3 is 0 Å². The van der Waals surface area contributed by atoms with E-state index in [1.54, 1.807) is 26.4 Å². The highest BCUT2D eigenvalue weighted by Gasteiger charge is 2.41. The third-order valence-electron chi connectivity index (χ3n) is 5.34. The lowest BCUT2D eigenvalue weighted by molar-refractivity contribution is -0.384. The Morgan fingerprint density at radius 1 is 1.12 bits per heavy atom. The molecule has 0 aromatic heterocycles. The Kier molecular flexibility index (Phi) is 4.03. The van der Waals surface area contributed by atoms with Crippen molar-refractivity contribution in [3.63, 3.8) is 0 Å². The number of nitro groups is 1. The van der Waals surface area contributed by atoms with Gasteiger partial charge in [0.15, 0.2) is 11.5 Å². The zero-order valence-electron chi connectivity index (χ0n) is 14.6. The lowest BCUT2D eigenvalue weighted by Gasteiger charge is -2.37. The largest absolute Gasteiger partial charge is 0.493 e. The number of nitro benzene ring substituents is 1. The Bertz CT molecular complexity index is 893. The summed E-state index contributed by atoms with van der Waals surface area (Å²) in [5, 5.41) is 15.0. The molecule has 2 aromatic carbocycles. The van der Waals surface area contributed by atoms with E-state index in [0.717, 1.165) is 17.5 Å². The van der Waals surface area contributed by atoms with Crippen molar-refractivity contribution < 1.29 is 14.4 Å². The lowest BCUT2D eigenvalue weighted by atomic mass is 9.76. The summed E-state index contributed by atoms with van der Waals surface area (Å²) in [6.45, 7) is 0. The van der Waals surface area contributed by atoms with E-state index in [1.165, 1.54) is 0 Å². The molecule has 0 saturated carbocycles. The van der Waals surface area contributed by atoms with Crippen molar-refractivity contribution in [1.29, 1.82) is 0 Å². The number of nitrogens with one attached hydrogen (secondary N) is 1. The topological polar surface area (TPSA) is 73.6 Å². The molecule has 2 aliphatic rings. The molecule has 1 aliphatic carbocycles. The fourth-order valence-corrected chi connectivity index (χ4v) is 4.22. The molecule has 0 fully saturated rings. The Hall–Kier alpha value is -3.02. The Balaban J connectivity index is 1.87. The van der Waals surface area contributed by atoms with Crippen LogP contribution >= 0.6 is 0 Å². The minimum atomic E-state index is -0.329. The first kappa shape index (κ1) is 16.4. The lowest BCUT2D eigenvalue weighted by Crippen LogP contribution is -2.30. The highest BCUT2D eigenvalue weighted by molar-refractivity contribution is 5.71. The second kappa shape index (κ2) is 6.37. The number of benzene rings is 2. The fourth-order valence-electron chi connectivity index (χ4n) is 4.22. The maximum atomic E-state index is 11.5. The van der Waals surface area contributed by atoms with Crippen LogP contribution in [-0.4, -0.2) is 19.1 Å². The first-order valence-corrected chi connectivity index (χ1v) is 8.57. The molecule has 4 rings (SSSR count). The summed E-state index contributed by atoms with van der Waals surface area (Å²) in [6, 6.07) is 10.9. The van der Waals surface area contributed by atoms with E-state index in [-0.39, 0.29) is 28.5 Å². The first-order chi connectivity index (χ1) is 12.7. The van der Waals surface area contributed by atoms with Crippen molar-refractivity contribution in [2.75, 3.05) is 19.5 Å². The van der Waals surface area contributed by atoms with E-state index in [0.29, 0.717) is 17.2 Å². The van der Waals surface area contributed by atoms with Crippen LogP contribution < -0.4 is 14.8 Å². The van der Waals surface area contributed by atoms with Crippen molar-refractivity contribution in [2.24, 2.45) is 5.92 Å². The number of methoxy groups -OCH3 is 2. The molecular weight excluding hydrogens is 332 g/mol. The highest BCUT2D eigenvalue weighted by atomic mass is 16.6. The normalized spacial score (nSPS) is 22.9. The smallest absolute Gasteiger partial charge is 0.292 e. The number of rotatable bonds is 4. The molecule has 1 heterocycles. The monoisotopic (exact) mass is 352 g/mol. The van der Waals surface area contributed by atoms with Crippen LogP contribution in [0.15, 0.2) is 48.6 Å². The average Bonchev–Trinajstić information content (AvgIpc) is 3.16. The van der Waals surface area contributed by atoms with Crippen LogP contribution in [0.3, 0.4) is 0 Å². The van der Waals surface area contributed by atoms with Crippen LogP contribution in [0.25, 0.3) is 0 Å². The zero-order valence-corrected chi connectivity index (χ0v) is 14.6. The summed E-state index contributed by atoms with van der Waals surface area (Å²) in [7, 11) is 3.22. The van der Waals surface area contributed by atoms with Gasteiger partial charge in [0, 0.05) is 17.5 Å². The van der Waals surface area contributed by atoms with Gasteiger partial charge in [-0.25, -0.2) is 0 Å². The molecule has 0 bridgehead atoms. The van der Waals surface area contributed by atoms with Crippen molar-refractivity contribution >= 4 is 11.4 Å². The van der Waals surface area contributed by atoms with Gasteiger partial charge in [-0.05, 0) is 24.0 Å². The molecule has 6 nitrogen and oxygen atoms in total. The summed E-state index contributed by atoms with van der Waals surface area (Å²) < 4.78 is 11.0. The van der Waals surface area contributed by atoms with E-state index in [9.17, 15) is 10.1 Å². The minimum Gasteiger partial charge on any atom is -0.493 e.